The number of nitrogens with one attached hydrogen (secondary N) is 1. The van der Waals surface area contributed by atoms with Gasteiger partial charge in [-0.3, -0.25) is 14.9 Å². The molecule has 0 aromatic heterocycles. The van der Waals surface area contributed by atoms with Gasteiger partial charge in [0.2, 0.25) is 0 Å². The van der Waals surface area contributed by atoms with E-state index in [1.54, 1.807) is 0 Å². The number of para-hydroxylation sites is 1. The lowest BCUT2D eigenvalue weighted by Crippen LogP contribution is -2.21. The number of hydrogen-bond acceptors (Lipinski definition) is 7. The Morgan fingerprint density at radius 3 is 2.52 bits per heavy atom. The minimum Gasteiger partial charge on any atom is -0.452 e. The number of ether oxygens (including phenoxy) is 1. The molecule has 2 aromatic carbocycles. The summed E-state index contributed by atoms with van der Waals surface area (Å²) in [6.07, 6.45) is 0.996. The van der Waals surface area contributed by atoms with Crippen LogP contribution in [0.2, 0.25) is 5.02 Å². The van der Waals surface area contributed by atoms with Gasteiger partial charge in [0.05, 0.1) is 20.5 Å². The highest BCUT2D eigenvalue weighted by Crippen LogP contribution is 2.25. The van der Waals surface area contributed by atoms with Gasteiger partial charge in [0.15, 0.2) is 16.4 Å². The lowest BCUT2D eigenvalue weighted by molar-refractivity contribution is -0.385. The van der Waals surface area contributed by atoms with Crippen LogP contribution in [0.3, 0.4) is 0 Å². The molecule has 0 radical (unpaired) electrons. The molecule has 0 saturated carbocycles. The fraction of sp³-hybridized carbons (Fsp3) is 0.125. The molecule has 1 N–H and O–H groups in total. The van der Waals surface area contributed by atoms with E-state index in [1.807, 2.05) is 0 Å². The van der Waals surface area contributed by atoms with Crippen molar-refractivity contribution in [2.45, 2.75) is 4.90 Å². The molecular formula is C16H13ClN2O7S. The van der Waals surface area contributed by atoms with Crippen molar-refractivity contribution in [2.24, 2.45) is 0 Å². The summed E-state index contributed by atoms with van der Waals surface area (Å²) in [6, 6.07) is 8.88. The SMILES string of the molecule is CS(=O)(=O)c1ccc(Cl)c(NC(=O)COC(=O)c2ccccc2[N+](=O)[O-])c1. The Bertz CT molecular complexity index is 1020. The second-order valence-corrected chi connectivity index (χ2v) is 7.74. The first-order chi connectivity index (χ1) is 12.6. The van der Waals surface area contributed by atoms with E-state index in [2.05, 4.69) is 5.32 Å². The number of esters is 1. The van der Waals surface area contributed by atoms with E-state index in [0.29, 0.717) is 0 Å². The van der Waals surface area contributed by atoms with Gasteiger partial charge in [0.25, 0.3) is 11.6 Å². The van der Waals surface area contributed by atoms with E-state index in [9.17, 15) is 28.1 Å². The fourth-order valence-electron chi connectivity index (χ4n) is 2.03. The third kappa shape index (κ3) is 5.25. The highest BCUT2D eigenvalue weighted by atomic mass is 35.5. The Balaban J connectivity index is 2.07. The number of sulfone groups is 1. The number of nitro groups is 1. The summed E-state index contributed by atoms with van der Waals surface area (Å²) in [7, 11) is -3.51. The highest BCUT2D eigenvalue weighted by molar-refractivity contribution is 7.90. The number of halogens is 1. The Hall–Kier alpha value is -2.98. The average Bonchev–Trinajstić information content (AvgIpc) is 2.60. The number of carbonyl (C=O) groups excluding carboxylic acids is 2. The van der Waals surface area contributed by atoms with E-state index in [0.717, 1.165) is 12.3 Å². The molecule has 0 aliphatic carbocycles. The van der Waals surface area contributed by atoms with Crippen molar-refractivity contribution in [2.75, 3.05) is 18.2 Å². The van der Waals surface area contributed by atoms with Gasteiger partial charge in [-0.15, -0.1) is 0 Å². The van der Waals surface area contributed by atoms with Crippen LogP contribution >= 0.6 is 11.6 Å². The van der Waals surface area contributed by atoms with E-state index in [4.69, 9.17) is 16.3 Å². The van der Waals surface area contributed by atoms with E-state index in [-0.39, 0.29) is 21.2 Å². The normalized spacial score (nSPS) is 10.9. The minimum atomic E-state index is -3.51. The van der Waals surface area contributed by atoms with Crippen LogP contribution in [-0.2, 0) is 19.4 Å². The number of rotatable bonds is 6. The van der Waals surface area contributed by atoms with Crippen molar-refractivity contribution < 1.29 is 27.7 Å². The monoisotopic (exact) mass is 412 g/mol. The zero-order chi connectivity index (χ0) is 20.2. The maximum Gasteiger partial charge on any atom is 0.345 e. The van der Waals surface area contributed by atoms with Crippen molar-refractivity contribution in [3.8, 4) is 0 Å². The minimum absolute atomic E-state index is 0.0198. The number of carbonyl (C=O) groups is 2. The molecule has 2 aromatic rings. The van der Waals surface area contributed by atoms with Crippen LogP contribution < -0.4 is 5.32 Å². The maximum atomic E-state index is 12.0. The molecule has 0 heterocycles. The Morgan fingerprint density at radius 1 is 1.22 bits per heavy atom. The van der Waals surface area contributed by atoms with E-state index in [1.165, 1.54) is 36.4 Å². The van der Waals surface area contributed by atoms with E-state index >= 15 is 0 Å². The first-order valence-electron chi connectivity index (χ1n) is 7.29. The van der Waals surface area contributed by atoms with Crippen molar-refractivity contribution in [1.82, 2.24) is 0 Å². The third-order valence-corrected chi connectivity index (χ3v) is 4.73. The number of nitro benzene ring substituents is 1. The molecule has 0 spiro atoms. The number of nitrogens with zero attached hydrogens (tertiary/aromatic N) is 1. The number of anilines is 1. The lowest BCUT2D eigenvalue weighted by atomic mass is 10.2. The largest absolute Gasteiger partial charge is 0.452 e. The molecule has 27 heavy (non-hydrogen) atoms. The van der Waals surface area contributed by atoms with Crippen molar-refractivity contribution in [1.29, 1.82) is 0 Å². The molecule has 1 amide bonds. The molecular weight excluding hydrogens is 400 g/mol. The Labute approximate surface area is 159 Å². The summed E-state index contributed by atoms with van der Waals surface area (Å²) >= 11 is 5.91. The molecule has 0 unspecified atom stereocenters. The molecule has 0 fully saturated rings. The summed E-state index contributed by atoms with van der Waals surface area (Å²) in [5.74, 6) is -1.84. The molecule has 0 aliphatic heterocycles. The quantitative estimate of drug-likeness (QED) is 0.437. The van der Waals surface area contributed by atoms with Gasteiger partial charge < -0.3 is 10.1 Å². The lowest BCUT2D eigenvalue weighted by Gasteiger charge is -2.09. The molecule has 2 rings (SSSR count). The zero-order valence-corrected chi connectivity index (χ0v) is 15.4. The molecule has 142 valence electrons. The van der Waals surface area contributed by atoms with Crippen molar-refractivity contribution >= 4 is 44.7 Å². The van der Waals surface area contributed by atoms with Crippen molar-refractivity contribution in [3.63, 3.8) is 0 Å². The summed E-state index contributed by atoms with van der Waals surface area (Å²) < 4.78 is 27.9. The van der Waals surface area contributed by atoms with Gasteiger partial charge in [-0.2, -0.15) is 0 Å². The predicted octanol–water partition coefficient (Wildman–Crippen LogP) is 2.45. The smallest absolute Gasteiger partial charge is 0.345 e. The second-order valence-electron chi connectivity index (χ2n) is 5.31. The first kappa shape index (κ1) is 20.3. The average molecular weight is 413 g/mol. The zero-order valence-electron chi connectivity index (χ0n) is 13.8. The van der Waals surface area contributed by atoms with Crippen LogP contribution in [0.15, 0.2) is 47.4 Å². The maximum absolute atomic E-state index is 12.0. The van der Waals surface area contributed by atoms with Gasteiger partial charge in [0, 0.05) is 12.3 Å². The van der Waals surface area contributed by atoms with Gasteiger partial charge >= 0.3 is 5.97 Å². The third-order valence-electron chi connectivity index (χ3n) is 3.30. The van der Waals surface area contributed by atoms with Crippen LogP contribution in [-0.4, -0.2) is 38.1 Å². The first-order valence-corrected chi connectivity index (χ1v) is 9.56. The molecule has 0 saturated heterocycles. The van der Waals surface area contributed by atoms with Crippen LogP contribution in [0.1, 0.15) is 10.4 Å². The molecule has 11 heteroatoms. The molecule has 0 bridgehead atoms. The van der Waals surface area contributed by atoms with Crippen LogP contribution in [0.25, 0.3) is 0 Å². The van der Waals surface area contributed by atoms with Crippen LogP contribution in [0.5, 0.6) is 0 Å². The topological polar surface area (TPSA) is 133 Å². The Kier molecular flexibility index (Phi) is 6.13. The fourth-order valence-corrected chi connectivity index (χ4v) is 2.84. The standard InChI is InChI=1S/C16H13ClN2O7S/c1-27(24,25)10-6-7-12(17)13(8-10)18-15(20)9-26-16(21)11-4-2-3-5-14(11)19(22)23/h2-8H,9H2,1H3,(H,18,20). The van der Waals surface area contributed by atoms with Gasteiger partial charge in [0.1, 0.15) is 5.56 Å². The molecule has 9 nitrogen and oxygen atoms in total. The number of hydrogen-bond donors (Lipinski definition) is 1. The van der Waals surface area contributed by atoms with Gasteiger partial charge in [-0.1, -0.05) is 23.7 Å². The van der Waals surface area contributed by atoms with Crippen LogP contribution in [0, 0.1) is 10.1 Å². The van der Waals surface area contributed by atoms with Gasteiger partial charge in [-0.05, 0) is 24.3 Å². The Morgan fingerprint density at radius 2 is 1.89 bits per heavy atom. The summed E-state index contributed by atoms with van der Waals surface area (Å²) in [4.78, 5) is 34.0. The summed E-state index contributed by atoms with van der Waals surface area (Å²) in [5, 5.41) is 13.3. The number of amides is 1. The summed E-state index contributed by atoms with van der Waals surface area (Å²) in [6.45, 7) is -0.746. The van der Waals surface area contributed by atoms with Crippen LogP contribution in [0.4, 0.5) is 11.4 Å². The van der Waals surface area contributed by atoms with Gasteiger partial charge in [-0.25, -0.2) is 13.2 Å². The second kappa shape index (κ2) is 8.14. The van der Waals surface area contributed by atoms with E-state index < -0.39 is 38.9 Å². The van der Waals surface area contributed by atoms with Crippen molar-refractivity contribution in [3.05, 3.63) is 63.2 Å². The number of benzene rings is 2. The summed E-state index contributed by atoms with van der Waals surface area (Å²) in [5.41, 5.74) is -0.731. The molecule has 0 aliphatic rings. The predicted molar refractivity (Wildman–Crippen MR) is 96.6 cm³/mol. The highest BCUT2D eigenvalue weighted by Gasteiger charge is 2.21. The molecule has 0 atom stereocenters.